The number of unbranched alkanes of at least 4 members (excludes halogenated alkanes) is 5. The van der Waals surface area contributed by atoms with Gasteiger partial charge in [-0.15, -0.1) is 0 Å². The Balaban J connectivity index is 0.00000207. The SMILES string of the molecule is COc1cc(C2=CN(C)C(O)C(C)=C2)cc(OC)c1CN1CC(C(O)NCCCCCCCCNc2cccc3c2C(O)N(C2CCC(O)NC2O)C3O)C1.O=CO. The van der Waals surface area contributed by atoms with Crippen molar-refractivity contribution in [2.45, 2.75) is 108 Å². The van der Waals surface area contributed by atoms with E-state index in [0.29, 0.717) is 30.5 Å². The number of piperidine rings is 1. The molecule has 2 fully saturated rings. The number of benzene rings is 2. The highest BCUT2D eigenvalue weighted by molar-refractivity contribution is 5.78. The van der Waals surface area contributed by atoms with Crippen molar-refractivity contribution in [3.8, 4) is 11.5 Å². The number of carbonyl (C=O) groups is 1. The van der Waals surface area contributed by atoms with Crippen LogP contribution in [0.2, 0.25) is 0 Å². The number of hydrogen-bond donors (Lipinski definition) is 10. The number of fused-ring (bicyclic) bond motifs is 1. The number of likely N-dealkylation sites (N-methyl/N-ethyl adjacent to an activating group) is 1. The number of nitrogens with one attached hydrogen (secondary N) is 3. The summed E-state index contributed by atoms with van der Waals surface area (Å²) in [6.45, 7) is 5.40. The molecule has 7 unspecified atom stereocenters. The lowest BCUT2D eigenvalue weighted by Gasteiger charge is -2.42. The Labute approximate surface area is 341 Å². The number of aliphatic hydroxyl groups is 6. The third-order valence-electron chi connectivity index (χ3n) is 11.6. The third kappa shape index (κ3) is 10.9. The summed E-state index contributed by atoms with van der Waals surface area (Å²) in [6.07, 6.45) is 6.02. The highest BCUT2D eigenvalue weighted by Gasteiger charge is 2.45. The van der Waals surface area contributed by atoms with Crippen molar-refractivity contribution in [2.75, 3.05) is 52.8 Å². The van der Waals surface area contributed by atoms with Gasteiger partial charge in [0, 0.05) is 62.2 Å². The van der Waals surface area contributed by atoms with E-state index in [1.165, 1.54) is 4.90 Å². The molecule has 16 heteroatoms. The van der Waals surface area contributed by atoms with Gasteiger partial charge in [-0.05, 0) is 80.1 Å². The van der Waals surface area contributed by atoms with Gasteiger partial charge >= 0.3 is 0 Å². The van der Waals surface area contributed by atoms with Crippen LogP contribution in [0.5, 0.6) is 11.5 Å². The van der Waals surface area contributed by atoms with Gasteiger partial charge in [0.2, 0.25) is 0 Å². The van der Waals surface area contributed by atoms with Gasteiger partial charge in [-0.1, -0.05) is 37.8 Å². The molecule has 10 N–H and O–H groups in total. The van der Waals surface area contributed by atoms with Crippen LogP contribution in [0.15, 0.2) is 48.2 Å². The molecule has 322 valence electrons. The second-order valence-corrected chi connectivity index (χ2v) is 15.7. The molecule has 0 aliphatic carbocycles. The molecule has 4 aliphatic heterocycles. The molecule has 7 atom stereocenters. The van der Waals surface area contributed by atoms with Gasteiger partial charge in [-0.2, -0.15) is 0 Å². The number of hydrogen-bond acceptors (Lipinski definition) is 15. The summed E-state index contributed by atoms with van der Waals surface area (Å²) in [5, 5.41) is 79.9. The third-order valence-corrected chi connectivity index (χ3v) is 11.6. The van der Waals surface area contributed by atoms with Crippen molar-refractivity contribution in [1.29, 1.82) is 0 Å². The molecule has 0 amide bonds. The molecule has 58 heavy (non-hydrogen) atoms. The molecule has 0 bridgehead atoms. The summed E-state index contributed by atoms with van der Waals surface area (Å²) >= 11 is 0. The topological polar surface area (TPSA) is 223 Å². The van der Waals surface area contributed by atoms with E-state index in [2.05, 4.69) is 20.9 Å². The number of allylic oxidation sites excluding steroid dienone is 2. The van der Waals surface area contributed by atoms with Gasteiger partial charge < -0.3 is 55.4 Å². The van der Waals surface area contributed by atoms with Crippen molar-refractivity contribution in [3.05, 3.63) is 70.4 Å². The minimum absolute atomic E-state index is 0.161. The van der Waals surface area contributed by atoms with Crippen LogP contribution in [0.25, 0.3) is 5.57 Å². The van der Waals surface area contributed by atoms with Gasteiger partial charge in [0.15, 0.2) is 0 Å². The predicted octanol–water partition coefficient (Wildman–Crippen LogP) is 2.43. The normalized spacial score (nSPS) is 25.4. The molecular formula is C42H64N6O10. The fourth-order valence-electron chi connectivity index (χ4n) is 8.44. The van der Waals surface area contributed by atoms with Crippen molar-refractivity contribution < 1.29 is 50.0 Å². The van der Waals surface area contributed by atoms with E-state index in [9.17, 15) is 30.6 Å². The Morgan fingerprint density at radius 1 is 0.914 bits per heavy atom. The summed E-state index contributed by atoms with van der Waals surface area (Å²) in [7, 11) is 5.18. The summed E-state index contributed by atoms with van der Waals surface area (Å²) in [4.78, 5) is 14.0. The van der Waals surface area contributed by atoms with Crippen LogP contribution in [0, 0.1) is 5.92 Å². The summed E-state index contributed by atoms with van der Waals surface area (Å²) < 4.78 is 11.6. The van der Waals surface area contributed by atoms with Crippen molar-refractivity contribution in [1.82, 2.24) is 25.3 Å². The molecule has 4 heterocycles. The summed E-state index contributed by atoms with van der Waals surface area (Å²) in [5.41, 5.74) is 5.83. The molecule has 0 spiro atoms. The smallest absolute Gasteiger partial charge is 0.290 e. The Morgan fingerprint density at radius 3 is 2.17 bits per heavy atom. The average molecular weight is 813 g/mol. The predicted molar refractivity (Wildman–Crippen MR) is 219 cm³/mol. The van der Waals surface area contributed by atoms with Crippen molar-refractivity contribution in [2.24, 2.45) is 5.92 Å². The second kappa shape index (κ2) is 21.4. The van der Waals surface area contributed by atoms with Crippen molar-refractivity contribution in [3.63, 3.8) is 0 Å². The van der Waals surface area contributed by atoms with Crippen LogP contribution < -0.4 is 25.4 Å². The molecule has 0 radical (unpaired) electrons. The zero-order chi connectivity index (χ0) is 41.9. The monoisotopic (exact) mass is 812 g/mol. The van der Waals surface area contributed by atoms with E-state index < -0.39 is 43.4 Å². The fourth-order valence-corrected chi connectivity index (χ4v) is 8.44. The Kier molecular flexibility index (Phi) is 16.7. The van der Waals surface area contributed by atoms with Gasteiger partial charge in [0.25, 0.3) is 6.47 Å². The molecule has 6 rings (SSSR count). The maximum atomic E-state index is 11.2. The minimum Gasteiger partial charge on any atom is -0.496 e. The Hall–Kier alpha value is -3.81. The van der Waals surface area contributed by atoms with E-state index in [1.807, 2.05) is 50.5 Å². The van der Waals surface area contributed by atoms with Crippen LogP contribution in [0.1, 0.15) is 93.0 Å². The molecule has 0 saturated carbocycles. The van der Waals surface area contributed by atoms with Gasteiger partial charge in [0.05, 0.1) is 25.8 Å². The number of rotatable bonds is 18. The highest BCUT2D eigenvalue weighted by atomic mass is 16.5. The zero-order valence-electron chi connectivity index (χ0n) is 34.1. The second-order valence-electron chi connectivity index (χ2n) is 15.7. The molecular weight excluding hydrogens is 748 g/mol. The first kappa shape index (κ1) is 45.3. The standard InChI is InChI=1S/C41H62N6O8.CH2O2/c1-25-18-27(21-45(2)39(25)51)26-19-33(54-3)30(34(20-26)55-4)24-46-22-28(23-46)37(49)43-17-10-8-6-5-7-9-16-42-31-13-11-12-29-36(31)41(53)47(40(29)52)32-14-15-35(48)44-38(32)50;2-1-3/h11-13,18-21,28,32,35,37-44,48-53H,5-10,14-17,22-24H2,1-4H3;1H,(H,2,3). The van der Waals surface area contributed by atoms with Crippen LogP contribution >= 0.6 is 0 Å². The molecule has 2 aromatic carbocycles. The molecule has 2 saturated heterocycles. The van der Waals surface area contributed by atoms with Crippen LogP contribution in [0.3, 0.4) is 0 Å². The summed E-state index contributed by atoms with van der Waals surface area (Å²) in [5.74, 6) is 1.66. The maximum absolute atomic E-state index is 11.2. The van der Waals surface area contributed by atoms with Gasteiger partial charge in [-0.3, -0.25) is 20.3 Å². The fraction of sp³-hybridized carbons (Fsp3) is 0.595. The Morgan fingerprint density at radius 2 is 1.55 bits per heavy atom. The number of aliphatic hydroxyl groups excluding tert-OH is 6. The van der Waals surface area contributed by atoms with Crippen LogP contribution in [-0.4, -0.2) is 135 Å². The zero-order valence-corrected chi connectivity index (χ0v) is 34.1. The van der Waals surface area contributed by atoms with E-state index >= 15 is 0 Å². The lowest BCUT2D eigenvalue weighted by Crippen LogP contribution is -2.57. The lowest BCUT2D eigenvalue weighted by atomic mass is 9.95. The van der Waals surface area contributed by atoms with Crippen LogP contribution in [-0.2, 0) is 11.3 Å². The molecule has 16 nitrogen and oxygen atoms in total. The summed E-state index contributed by atoms with van der Waals surface area (Å²) in [6, 6.07) is 9.09. The minimum atomic E-state index is -1.06. The number of methoxy groups -OCH3 is 2. The number of ether oxygens (including phenoxy) is 2. The number of nitrogens with zero attached hydrogens (tertiary/aromatic N) is 3. The van der Waals surface area contributed by atoms with E-state index in [4.69, 9.17) is 19.4 Å². The Bertz CT molecular complexity index is 1680. The quantitative estimate of drug-likeness (QED) is 0.0593. The number of anilines is 1. The maximum Gasteiger partial charge on any atom is 0.290 e. The van der Waals surface area contributed by atoms with Crippen molar-refractivity contribution >= 4 is 17.7 Å². The first-order chi connectivity index (χ1) is 27.9. The number of likely N-dealkylation sites (tertiary alicyclic amines) is 1. The largest absolute Gasteiger partial charge is 0.496 e. The van der Waals surface area contributed by atoms with Gasteiger partial charge in [-0.25, -0.2) is 4.90 Å². The molecule has 0 aromatic heterocycles. The first-order valence-electron chi connectivity index (χ1n) is 20.3. The first-order valence-corrected chi connectivity index (χ1v) is 20.3. The van der Waals surface area contributed by atoms with E-state index in [0.717, 1.165) is 104 Å². The molecule has 4 aliphatic rings. The average Bonchev–Trinajstić information content (AvgIpc) is 3.44. The highest BCUT2D eigenvalue weighted by Crippen LogP contribution is 2.46. The number of carboxylic acid groups (broad SMARTS) is 1. The molecule has 2 aromatic rings. The lowest BCUT2D eigenvalue weighted by molar-refractivity contribution is -0.158. The van der Waals surface area contributed by atoms with Crippen LogP contribution in [0.4, 0.5) is 5.69 Å². The van der Waals surface area contributed by atoms with Gasteiger partial charge in [0.1, 0.15) is 48.9 Å². The van der Waals surface area contributed by atoms with E-state index in [-0.39, 0.29) is 12.4 Å². The van der Waals surface area contributed by atoms with E-state index in [1.54, 1.807) is 25.2 Å².